The molecular formula is C14H16BrN3. The number of hydrogen-bond acceptors (Lipinski definition) is 3. The Hall–Kier alpha value is -1.52. The second-order valence-corrected chi connectivity index (χ2v) is 5.84. The van der Waals surface area contributed by atoms with E-state index in [0.717, 1.165) is 23.1 Å². The van der Waals surface area contributed by atoms with Gasteiger partial charge in [-0.05, 0) is 46.0 Å². The molecule has 0 heterocycles. The van der Waals surface area contributed by atoms with Gasteiger partial charge in [-0.15, -0.1) is 0 Å². The molecule has 0 atom stereocenters. The first-order valence-electron chi connectivity index (χ1n) is 5.79. The fourth-order valence-electron chi connectivity index (χ4n) is 1.55. The first-order chi connectivity index (χ1) is 8.48. The van der Waals surface area contributed by atoms with Crippen molar-refractivity contribution in [3.63, 3.8) is 0 Å². The Morgan fingerprint density at radius 2 is 2.06 bits per heavy atom. The van der Waals surface area contributed by atoms with Crippen molar-refractivity contribution in [1.82, 2.24) is 0 Å². The molecule has 3 nitrogen and oxygen atoms in total. The van der Waals surface area contributed by atoms with E-state index < -0.39 is 0 Å². The van der Waals surface area contributed by atoms with Crippen LogP contribution in [0.2, 0.25) is 0 Å². The molecule has 0 aliphatic heterocycles. The molecule has 18 heavy (non-hydrogen) atoms. The van der Waals surface area contributed by atoms with E-state index in [1.165, 1.54) is 0 Å². The van der Waals surface area contributed by atoms with E-state index in [2.05, 4.69) is 47.2 Å². The van der Waals surface area contributed by atoms with Crippen molar-refractivity contribution in [2.75, 3.05) is 11.9 Å². The minimum Gasteiger partial charge on any atom is -0.384 e. The highest BCUT2D eigenvalue weighted by atomic mass is 79.9. The zero-order valence-electron chi connectivity index (χ0n) is 10.6. The quantitative estimate of drug-likeness (QED) is 0.892. The first kappa shape index (κ1) is 14.5. The summed E-state index contributed by atoms with van der Waals surface area (Å²) in [6, 6.07) is 9.75. The number of benzene rings is 1. The average Bonchev–Trinajstić information content (AvgIpc) is 2.35. The van der Waals surface area contributed by atoms with E-state index in [9.17, 15) is 0 Å². The summed E-state index contributed by atoms with van der Waals surface area (Å²) in [6.07, 6.45) is 1.44. The third kappa shape index (κ3) is 4.39. The van der Waals surface area contributed by atoms with E-state index in [1.54, 1.807) is 12.1 Å². The fourth-order valence-corrected chi connectivity index (χ4v) is 2.06. The predicted octanol–water partition coefficient (Wildman–Crippen LogP) is 4.06. The molecule has 1 aromatic carbocycles. The zero-order chi connectivity index (χ0) is 13.6. The van der Waals surface area contributed by atoms with Crippen molar-refractivity contribution in [2.24, 2.45) is 5.41 Å². The Morgan fingerprint density at radius 3 is 2.61 bits per heavy atom. The lowest BCUT2D eigenvalue weighted by Gasteiger charge is -2.24. The molecule has 0 aromatic heterocycles. The highest BCUT2D eigenvalue weighted by Gasteiger charge is 2.17. The van der Waals surface area contributed by atoms with Crippen LogP contribution in [0.3, 0.4) is 0 Å². The van der Waals surface area contributed by atoms with Crippen molar-refractivity contribution in [1.29, 1.82) is 10.5 Å². The van der Waals surface area contributed by atoms with Gasteiger partial charge in [0, 0.05) is 23.1 Å². The molecule has 0 aliphatic rings. The molecule has 0 fully saturated rings. The van der Waals surface area contributed by atoms with Crippen molar-refractivity contribution in [3.05, 3.63) is 28.2 Å². The Balaban J connectivity index is 2.64. The number of nitrogens with zero attached hydrogens (tertiary/aromatic N) is 2. The first-order valence-corrected chi connectivity index (χ1v) is 6.58. The van der Waals surface area contributed by atoms with E-state index in [0.29, 0.717) is 12.0 Å². The summed E-state index contributed by atoms with van der Waals surface area (Å²) >= 11 is 3.44. The van der Waals surface area contributed by atoms with Gasteiger partial charge in [-0.2, -0.15) is 10.5 Å². The fraction of sp³-hybridized carbons (Fsp3) is 0.429. The van der Waals surface area contributed by atoms with E-state index in [1.807, 2.05) is 6.07 Å². The summed E-state index contributed by atoms with van der Waals surface area (Å²) in [5.74, 6) is 0. The molecule has 1 aromatic rings. The molecule has 4 heteroatoms. The van der Waals surface area contributed by atoms with Crippen LogP contribution in [-0.2, 0) is 0 Å². The number of nitrogens with one attached hydrogen (secondary N) is 1. The summed E-state index contributed by atoms with van der Waals surface area (Å²) in [6.45, 7) is 5.06. The van der Waals surface area contributed by atoms with Gasteiger partial charge in [-0.25, -0.2) is 0 Å². The number of halogens is 1. The highest BCUT2D eigenvalue weighted by Crippen LogP contribution is 2.27. The van der Waals surface area contributed by atoms with Gasteiger partial charge < -0.3 is 5.32 Å². The van der Waals surface area contributed by atoms with Crippen molar-refractivity contribution < 1.29 is 0 Å². The Morgan fingerprint density at radius 1 is 1.33 bits per heavy atom. The molecule has 0 aliphatic carbocycles. The standard InChI is InChI=1S/C14H16BrN3/c1-14(2,6-3-7-16)10-18-13-5-4-11(9-17)8-12(13)15/h4-5,8,18H,3,6,10H2,1-2H3. The third-order valence-electron chi connectivity index (χ3n) is 2.77. The lowest BCUT2D eigenvalue weighted by molar-refractivity contribution is 0.364. The van der Waals surface area contributed by atoms with Crippen molar-refractivity contribution in [2.45, 2.75) is 26.7 Å². The van der Waals surface area contributed by atoms with Crippen LogP contribution < -0.4 is 5.32 Å². The predicted molar refractivity (Wildman–Crippen MR) is 76.0 cm³/mol. The van der Waals surface area contributed by atoms with Gasteiger partial charge in [-0.3, -0.25) is 0 Å². The van der Waals surface area contributed by atoms with Gasteiger partial charge in [0.2, 0.25) is 0 Å². The van der Waals surface area contributed by atoms with Crippen LogP contribution >= 0.6 is 15.9 Å². The minimum atomic E-state index is 0.0725. The van der Waals surface area contributed by atoms with E-state index in [4.69, 9.17) is 10.5 Å². The van der Waals surface area contributed by atoms with Crippen LogP contribution in [0, 0.1) is 28.1 Å². The second kappa shape index (κ2) is 6.42. The van der Waals surface area contributed by atoms with Gasteiger partial charge >= 0.3 is 0 Å². The van der Waals surface area contributed by atoms with Crippen LogP contribution in [0.25, 0.3) is 0 Å². The molecule has 0 bridgehead atoms. The van der Waals surface area contributed by atoms with Crippen molar-refractivity contribution in [3.8, 4) is 12.1 Å². The number of anilines is 1. The third-order valence-corrected chi connectivity index (χ3v) is 3.43. The van der Waals surface area contributed by atoms with E-state index in [-0.39, 0.29) is 5.41 Å². The summed E-state index contributed by atoms with van der Waals surface area (Å²) in [5.41, 5.74) is 1.68. The van der Waals surface area contributed by atoms with Gasteiger partial charge in [0.1, 0.15) is 0 Å². The number of hydrogen-bond donors (Lipinski definition) is 1. The molecule has 0 saturated heterocycles. The lowest BCUT2D eigenvalue weighted by atomic mass is 9.88. The van der Waals surface area contributed by atoms with E-state index >= 15 is 0 Å². The number of rotatable bonds is 5. The highest BCUT2D eigenvalue weighted by molar-refractivity contribution is 9.10. The average molecular weight is 306 g/mol. The largest absolute Gasteiger partial charge is 0.384 e. The van der Waals surface area contributed by atoms with Gasteiger partial charge in [0.15, 0.2) is 0 Å². The van der Waals surface area contributed by atoms with Crippen LogP contribution in [0.5, 0.6) is 0 Å². The maximum atomic E-state index is 8.79. The molecule has 1 rings (SSSR count). The summed E-state index contributed by atoms with van der Waals surface area (Å²) in [5, 5.41) is 20.7. The monoisotopic (exact) mass is 305 g/mol. The van der Waals surface area contributed by atoms with Crippen LogP contribution in [0.1, 0.15) is 32.3 Å². The molecular weight excluding hydrogens is 290 g/mol. The SMILES string of the molecule is CC(C)(CCC#N)CNc1ccc(C#N)cc1Br. The molecule has 0 spiro atoms. The van der Waals surface area contributed by atoms with Gasteiger partial charge in [0.25, 0.3) is 0 Å². The smallest absolute Gasteiger partial charge is 0.0992 e. The molecule has 0 radical (unpaired) electrons. The number of nitriles is 2. The zero-order valence-corrected chi connectivity index (χ0v) is 12.2. The van der Waals surface area contributed by atoms with Crippen LogP contribution in [0.15, 0.2) is 22.7 Å². The molecule has 1 N–H and O–H groups in total. The van der Waals surface area contributed by atoms with Crippen molar-refractivity contribution >= 4 is 21.6 Å². The molecule has 0 amide bonds. The normalized spacial score (nSPS) is 10.5. The molecule has 0 unspecified atom stereocenters. The van der Waals surface area contributed by atoms with Gasteiger partial charge in [0.05, 0.1) is 17.7 Å². The maximum Gasteiger partial charge on any atom is 0.0992 e. The van der Waals surface area contributed by atoms with Crippen LogP contribution in [-0.4, -0.2) is 6.54 Å². The topological polar surface area (TPSA) is 59.6 Å². The molecule has 0 saturated carbocycles. The summed E-state index contributed by atoms with van der Waals surface area (Å²) in [4.78, 5) is 0. The Labute approximate surface area is 117 Å². The Kier molecular flexibility index (Phi) is 5.19. The van der Waals surface area contributed by atoms with Crippen LogP contribution in [0.4, 0.5) is 5.69 Å². The summed E-state index contributed by atoms with van der Waals surface area (Å²) in [7, 11) is 0. The Bertz CT molecular complexity index is 495. The molecule has 94 valence electrons. The lowest BCUT2D eigenvalue weighted by Crippen LogP contribution is -2.23. The maximum absolute atomic E-state index is 8.79. The second-order valence-electron chi connectivity index (χ2n) is 4.98. The summed E-state index contributed by atoms with van der Waals surface area (Å²) < 4.78 is 0.887. The van der Waals surface area contributed by atoms with Gasteiger partial charge in [-0.1, -0.05) is 13.8 Å². The minimum absolute atomic E-state index is 0.0725.